The summed E-state index contributed by atoms with van der Waals surface area (Å²) in [6, 6.07) is 5.55. The van der Waals surface area contributed by atoms with Crippen molar-refractivity contribution in [3.8, 4) is 0 Å². The monoisotopic (exact) mass is 470 g/mol. The lowest BCUT2D eigenvalue weighted by molar-refractivity contribution is -0.122. The highest BCUT2D eigenvalue weighted by molar-refractivity contribution is 8.26. The third kappa shape index (κ3) is 4.76. The molecule has 0 bridgehead atoms. The van der Waals surface area contributed by atoms with Gasteiger partial charge in [0.15, 0.2) is 0 Å². The summed E-state index contributed by atoms with van der Waals surface area (Å²) in [6.07, 6.45) is 10.0. The molecule has 2 aromatic heterocycles. The molecule has 1 atom stereocenters. The van der Waals surface area contributed by atoms with E-state index in [1.807, 2.05) is 18.2 Å². The minimum Gasteiger partial charge on any atom is -0.356 e. The zero-order valence-electron chi connectivity index (χ0n) is 18.7. The molecule has 0 radical (unpaired) electrons. The minimum absolute atomic E-state index is 0.105. The van der Waals surface area contributed by atoms with Crippen LogP contribution in [0.4, 0.5) is 5.82 Å². The van der Waals surface area contributed by atoms with E-state index in [0.29, 0.717) is 38.7 Å². The summed E-state index contributed by atoms with van der Waals surface area (Å²) in [5.74, 6) is 1.10. The van der Waals surface area contributed by atoms with E-state index >= 15 is 0 Å². The zero-order valence-corrected chi connectivity index (χ0v) is 20.4. The molecule has 0 spiro atoms. The van der Waals surface area contributed by atoms with Gasteiger partial charge in [-0.15, -0.1) is 0 Å². The van der Waals surface area contributed by atoms with Crippen molar-refractivity contribution in [2.75, 3.05) is 24.5 Å². The molecular formula is C24H30N4O2S2. The minimum atomic E-state index is -0.156. The zero-order chi connectivity index (χ0) is 22.7. The highest BCUT2D eigenvalue weighted by Gasteiger charge is 2.32. The third-order valence-corrected chi connectivity index (χ3v) is 7.47. The van der Waals surface area contributed by atoms with E-state index < -0.39 is 0 Å². The van der Waals surface area contributed by atoms with Crippen LogP contribution in [0.1, 0.15) is 57.9 Å². The van der Waals surface area contributed by atoms with Crippen molar-refractivity contribution in [2.45, 2.75) is 52.4 Å². The van der Waals surface area contributed by atoms with Gasteiger partial charge in [0.2, 0.25) is 0 Å². The molecule has 2 saturated heterocycles. The number of thioether (sulfide) groups is 1. The lowest BCUT2D eigenvalue weighted by atomic mass is 10.00. The predicted molar refractivity (Wildman–Crippen MR) is 136 cm³/mol. The van der Waals surface area contributed by atoms with Crippen molar-refractivity contribution in [1.29, 1.82) is 0 Å². The Labute approximate surface area is 198 Å². The van der Waals surface area contributed by atoms with E-state index in [-0.39, 0.29) is 11.5 Å². The molecule has 8 heteroatoms. The van der Waals surface area contributed by atoms with Gasteiger partial charge in [-0.2, -0.15) is 0 Å². The van der Waals surface area contributed by atoms with E-state index in [0.717, 1.165) is 45.2 Å². The van der Waals surface area contributed by atoms with Gasteiger partial charge in [-0.1, -0.05) is 63.2 Å². The molecule has 4 rings (SSSR count). The largest absolute Gasteiger partial charge is 0.356 e. The average molecular weight is 471 g/mol. The molecule has 0 aromatic carbocycles. The number of aromatic nitrogens is 2. The summed E-state index contributed by atoms with van der Waals surface area (Å²) in [7, 11) is 0. The van der Waals surface area contributed by atoms with Crippen molar-refractivity contribution < 1.29 is 4.79 Å². The molecule has 2 aliphatic rings. The van der Waals surface area contributed by atoms with Crippen LogP contribution >= 0.6 is 24.0 Å². The van der Waals surface area contributed by atoms with Crippen molar-refractivity contribution in [3.63, 3.8) is 0 Å². The van der Waals surface area contributed by atoms with Crippen LogP contribution in [0.3, 0.4) is 0 Å². The Kier molecular flexibility index (Phi) is 7.30. The normalized spacial score (nSPS) is 20.7. The maximum Gasteiger partial charge on any atom is 0.267 e. The molecule has 1 unspecified atom stereocenters. The number of rotatable bonds is 7. The molecule has 2 fully saturated rings. The number of unbranched alkanes of at least 4 members (excludes halogenated alkanes) is 3. The summed E-state index contributed by atoms with van der Waals surface area (Å²) in [5.41, 5.74) is 0.928. The number of fused-ring (bicyclic) bond motifs is 1. The predicted octanol–water partition coefficient (Wildman–Crippen LogP) is 4.71. The fraction of sp³-hybridized carbons (Fsp3) is 0.500. The lowest BCUT2D eigenvalue weighted by Gasteiger charge is -2.32. The van der Waals surface area contributed by atoms with E-state index in [2.05, 4.69) is 18.7 Å². The van der Waals surface area contributed by atoms with E-state index in [9.17, 15) is 9.59 Å². The summed E-state index contributed by atoms with van der Waals surface area (Å²) in [5, 5.41) is 0. The number of hydrogen-bond donors (Lipinski definition) is 0. The number of nitrogens with zero attached hydrogens (tertiary/aromatic N) is 4. The lowest BCUT2D eigenvalue weighted by Crippen LogP contribution is -2.37. The number of anilines is 1. The molecule has 4 heterocycles. The molecule has 32 heavy (non-hydrogen) atoms. The van der Waals surface area contributed by atoms with Crippen LogP contribution in [0, 0.1) is 5.92 Å². The standard InChI is InChI=1S/C24H30N4O2S2/c1-3-4-5-7-14-28-23(30)19(32-24(28)31)15-18-21(26-12-9-10-17(2)16-26)25-20-11-6-8-13-27(20)22(18)29/h6,8,11,13,15,17H,3-5,7,9-10,12,14,16H2,1-2H3/b19-15-. The molecule has 0 saturated carbocycles. The van der Waals surface area contributed by atoms with Crippen molar-refractivity contribution in [2.24, 2.45) is 5.92 Å². The van der Waals surface area contributed by atoms with Crippen LogP contribution in [0.5, 0.6) is 0 Å². The Morgan fingerprint density at radius 1 is 1.25 bits per heavy atom. The van der Waals surface area contributed by atoms with E-state index in [4.69, 9.17) is 17.2 Å². The maximum absolute atomic E-state index is 13.5. The van der Waals surface area contributed by atoms with Gasteiger partial charge in [0.05, 0.1) is 10.5 Å². The van der Waals surface area contributed by atoms with Crippen LogP contribution in [-0.4, -0.2) is 44.1 Å². The fourth-order valence-electron chi connectivity index (χ4n) is 4.36. The van der Waals surface area contributed by atoms with Gasteiger partial charge in [-0.3, -0.25) is 18.9 Å². The first-order valence-corrected chi connectivity index (χ1v) is 12.7. The summed E-state index contributed by atoms with van der Waals surface area (Å²) in [6.45, 7) is 6.74. The Morgan fingerprint density at radius 2 is 2.09 bits per heavy atom. The quantitative estimate of drug-likeness (QED) is 0.332. The Morgan fingerprint density at radius 3 is 2.88 bits per heavy atom. The van der Waals surface area contributed by atoms with Gasteiger partial charge >= 0.3 is 0 Å². The van der Waals surface area contributed by atoms with Gasteiger partial charge in [-0.25, -0.2) is 4.98 Å². The number of pyridine rings is 1. The molecule has 0 N–H and O–H groups in total. The molecule has 2 aromatic rings. The van der Waals surface area contributed by atoms with Gasteiger partial charge in [-0.05, 0) is 43.4 Å². The van der Waals surface area contributed by atoms with Gasteiger partial charge in [0.1, 0.15) is 15.8 Å². The van der Waals surface area contributed by atoms with Crippen molar-refractivity contribution in [3.05, 3.63) is 45.2 Å². The van der Waals surface area contributed by atoms with Crippen molar-refractivity contribution >= 4 is 51.7 Å². The maximum atomic E-state index is 13.5. The van der Waals surface area contributed by atoms with Gasteiger partial charge in [0, 0.05) is 25.8 Å². The highest BCUT2D eigenvalue weighted by atomic mass is 32.2. The second kappa shape index (κ2) is 10.2. The number of thiocarbonyl (C=S) groups is 1. The molecular weight excluding hydrogens is 440 g/mol. The average Bonchev–Trinajstić information content (AvgIpc) is 3.05. The van der Waals surface area contributed by atoms with Crippen LogP contribution < -0.4 is 10.5 Å². The summed E-state index contributed by atoms with van der Waals surface area (Å²) in [4.78, 5) is 35.8. The topological polar surface area (TPSA) is 57.9 Å². The first-order valence-electron chi connectivity index (χ1n) is 11.5. The number of amides is 1. The number of carbonyl (C=O) groups excluding carboxylic acids is 1. The number of piperidine rings is 1. The van der Waals surface area contributed by atoms with Crippen LogP contribution in [0.2, 0.25) is 0 Å². The summed E-state index contributed by atoms with van der Waals surface area (Å²) >= 11 is 6.77. The van der Waals surface area contributed by atoms with Crippen LogP contribution in [0.15, 0.2) is 34.1 Å². The molecule has 2 aliphatic heterocycles. The number of hydrogen-bond acceptors (Lipinski definition) is 6. The van der Waals surface area contributed by atoms with E-state index in [1.165, 1.54) is 18.2 Å². The second-order valence-corrected chi connectivity index (χ2v) is 10.3. The molecule has 170 valence electrons. The number of carbonyl (C=O) groups is 1. The third-order valence-electron chi connectivity index (χ3n) is 6.09. The molecule has 1 amide bonds. The fourth-order valence-corrected chi connectivity index (χ4v) is 5.65. The Bertz CT molecular complexity index is 1110. The Balaban J connectivity index is 1.71. The first kappa shape index (κ1) is 23.0. The SMILES string of the molecule is CCCCCCN1C(=O)/C(=C/c2c(N3CCCC(C)C3)nc3ccccn3c2=O)SC1=S. The molecule has 0 aliphatic carbocycles. The first-order chi connectivity index (χ1) is 15.5. The van der Waals surface area contributed by atoms with Crippen LogP contribution in [-0.2, 0) is 4.79 Å². The van der Waals surface area contributed by atoms with Gasteiger partial charge < -0.3 is 4.90 Å². The van der Waals surface area contributed by atoms with Crippen LogP contribution in [0.25, 0.3) is 11.7 Å². The second-order valence-electron chi connectivity index (χ2n) is 8.67. The smallest absolute Gasteiger partial charge is 0.267 e. The highest BCUT2D eigenvalue weighted by Crippen LogP contribution is 2.34. The summed E-state index contributed by atoms with van der Waals surface area (Å²) < 4.78 is 2.12. The van der Waals surface area contributed by atoms with E-state index in [1.54, 1.807) is 21.6 Å². The molecule has 6 nitrogen and oxygen atoms in total. The Hall–Kier alpha value is -2.19. The van der Waals surface area contributed by atoms with Crippen molar-refractivity contribution in [1.82, 2.24) is 14.3 Å². The van der Waals surface area contributed by atoms with Gasteiger partial charge in [0.25, 0.3) is 11.5 Å².